The highest BCUT2D eigenvalue weighted by molar-refractivity contribution is 5.96. The van der Waals surface area contributed by atoms with Crippen molar-refractivity contribution in [1.82, 2.24) is 4.57 Å². The number of anilines is 1. The molecule has 0 spiro atoms. The fraction of sp³-hybridized carbons (Fsp3) is 0.304. The van der Waals surface area contributed by atoms with Crippen LogP contribution in [-0.4, -0.2) is 29.9 Å². The maximum absolute atomic E-state index is 12.0. The van der Waals surface area contributed by atoms with Gasteiger partial charge in [0, 0.05) is 29.2 Å². The summed E-state index contributed by atoms with van der Waals surface area (Å²) in [4.78, 5) is 13.6. The molecule has 1 fully saturated rings. The first-order chi connectivity index (χ1) is 14.0. The average molecular weight is 389 g/mol. The molecule has 4 rings (SSSR count). The van der Waals surface area contributed by atoms with Crippen LogP contribution in [0.5, 0.6) is 5.75 Å². The van der Waals surface area contributed by atoms with E-state index in [-0.39, 0.29) is 12.2 Å². The van der Waals surface area contributed by atoms with Gasteiger partial charge in [0.05, 0.1) is 29.4 Å². The normalized spacial score (nSPS) is 13.8. The highest BCUT2D eigenvalue weighted by atomic mass is 16.6. The Hall–Kier alpha value is -3.46. The number of amides is 1. The van der Waals surface area contributed by atoms with Gasteiger partial charge in [-0.05, 0) is 45.0 Å². The van der Waals surface area contributed by atoms with Crippen LogP contribution >= 0.6 is 0 Å². The minimum absolute atomic E-state index is 0.0734. The number of nitriles is 1. The van der Waals surface area contributed by atoms with E-state index in [1.165, 1.54) is 0 Å². The minimum Gasteiger partial charge on any atom is -0.491 e. The number of nitrogens with zero attached hydrogens (tertiary/aromatic N) is 3. The highest BCUT2D eigenvalue weighted by Crippen LogP contribution is 2.37. The monoisotopic (exact) mass is 389 g/mol. The third-order valence-electron chi connectivity index (χ3n) is 5.03. The molecule has 0 N–H and O–H groups in total. The Labute approximate surface area is 169 Å². The van der Waals surface area contributed by atoms with Crippen molar-refractivity contribution in [3.8, 4) is 23.1 Å². The van der Waals surface area contributed by atoms with Crippen molar-refractivity contribution < 1.29 is 14.3 Å². The first-order valence-electron chi connectivity index (χ1n) is 9.81. The largest absolute Gasteiger partial charge is 0.491 e. The number of hydrogen-bond acceptors (Lipinski definition) is 4. The van der Waals surface area contributed by atoms with Gasteiger partial charge in [-0.1, -0.05) is 12.1 Å². The number of rotatable bonds is 5. The lowest BCUT2D eigenvalue weighted by Crippen LogP contribution is -2.23. The van der Waals surface area contributed by atoms with Crippen LogP contribution in [0.2, 0.25) is 0 Å². The van der Waals surface area contributed by atoms with Crippen LogP contribution in [0.1, 0.15) is 26.3 Å². The van der Waals surface area contributed by atoms with Crippen molar-refractivity contribution in [2.45, 2.75) is 33.4 Å². The molecule has 1 amide bonds. The van der Waals surface area contributed by atoms with Gasteiger partial charge < -0.3 is 14.0 Å². The zero-order valence-corrected chi connectivity index (χ0v) is 16.8. The first kappa shape index (κ1) is 18.9. The van der Waals surface area contributed by atoms with Crippen molar-refractivity contribution in [1.29, 1.82) is 5.26 Å². The SMILES string of the molecule is CCn1c(-c2cccc(N3CCOC3=O)c2)c(C#N)c2ccc(OC(C)C)cc21. The molecule has 0 radical (unpaired) electrons. The molecule has 2 heterocycles. The third kappa shape index (κ3) is 3.29. The van der Waals surface area contributed by atoms with E-state index in [0.29, 0.717) is 25.3 Å². The Morgan fingerprint density at radius 2 is 2.07 bits per heavy atom. The summed E-state index contributed by atoms with van der Waals surface area (Å²) in [6, 6.07) is 15.9. The molecule has 148 valence electrons. The van der Waals surface area contributed by atoms with Gasteiger partial charge in [0.15, 0.2) is 0 Å². The molecule has 6 nitrogen and oxygen atoms in total. The van der Waals surface area contributed by atoms with E-state index < -0.39 is 0 Å². The first-order valence-corrected chi connectivity index (χ1v) is 9.81. The molecule has 0 atom stereocenters. The summed E-state index contributed by atoms with van der Waals surface area (Å²) in [7, 11) is 0. The van der Waals surface area contributed by atoms with Crippen molar-refractivity contribution in [2.75, 3.05) is 18.1 Å². The second kappa shape index (κ2) is 7.51. The van der Waals surface area contributed by atoms with E-state index >= 15 is 0 Å². The molecule has 0 unspecified atom stereocenters. The van der Waals surface area contributed by atoms with Gasteiger partial charge in [0.25, 0.3) is 0 Å². The molecule has 0 bridgehead atoms. The molecule has 29 heavy (non-hydrogen) atoms. The second-order valence-corrected chi connectivity index (χ2v) is 7.24. The molecule has 1 aromatic heterocycles. The van der Waals surface area contributed by atoms with E-state index in [1.807, 2.05) is 56.3 Å². The van der Waals surface area contributed by atoms with Crippen molar-refractivity contribution >= 4 is 22.7 Å². The van der Waals surface area contributed by atoms with E-state index in [2.05, 4.69) is 17.6 Å². The van der Waals surface area contributed by atoms with E-state index in [1.54, 1.807) is 4.90 Å². The lowest BCUT2D eigenvalue weighted by Gasteiger charge is -2.15. The van der Waals surface area contributed by atoms with Gasteiger partial charge in [-0.2, -0.15) is 5.26 Å². The molecular formula is C23H23N3O3. The zero-order valence-electron chi connectivity index (χ0n) is 16.8. The molecule has 1 aliphatic rings. The fourth-order valence-corrected chi connectivity index (χ4v) is 3.87. The molecule has 2 aromatic carbocycles. The molecule has 3 aromatic rings. The number of carbonyl (C=O) groups is 1. The number of ether oxygens (including phenoxy) is 2. The molecule has 0 aliphatic carbocycles. The van der Waals surface area contributed by atoms with Crippen molar-refractivity contribution in [2.24, 2.45) is 0 Å². The predicted molar refractivity (Wildman–Crippen MR) is 112 cm³/mol. The van der Waals surface area contributed by atoms with Crippen LogP contribution < -0.4 is 9.64 Å². The Balaban J connectivity index is 1.89. The van der Waals surface area contributed by atoms with Gasteiger partial charge in [0.1, 0.15) is 18.4 Å². The number of hydrogen-bond donors (Lipinski definition) is 0. The Kier molecular flexibility index (Phi) is 4.89. The summed E-state index contributed by atoms with van der Waals surface area (Å²) in [5.74, 6) is 0.782. The van der Waals surface area contributed by atoms with Crippen LogP contribution in [0.4, 0.5) is 10.5 Å². The smallest absolute Gasteiger partial charge is 0.414 e. The summed E-state index contributed by atoms with van der Waals surface area (Å²) in [5.41, 5.74) is 4.09. The van der Waals surface area contributed by atoms with Gasteiger partial charge in [-0.25, -0.2) is 4.79 Å². The Bertz CT molecular complexity index is 1120. The van der Waals surface area contributed by atoms with Crippen LogP contribution in [0.25, 0.3) is 22.2 Å². The topological polar surface area (TPSA) is 67.5 Å². The summed E-state index contributed by atoms with van der Waals surface area (Å²) in [6.45, 7) is 7.66. The summed E-state index contributed by atoms with van der Waals surface area (Å²) in [5, 5.41) is 10.8. The predicted octanol–water partition coefficient (Wildman–Crippen LogP) is 4.94. The number of benzene rings is 2. The summed E-state index contributed by atoms with van der Waals surface area (Å²) in [6.07, 6.45) is -0.265. The molecular weight excluding hydrogens is 366 g/mol. The molecule has 6 heteroatoms. The molecule has 0 saturated carbocycles. The molecule has 1 aliphatic heterocycles. The molecule has 1 saturated heterocycles. The van der Waals surface area contributed by atoms with Crippen molar-refractivity contribution in [3.63, 3.8) is 0 Å². The third-order valence-corrected chi connectivity index (χ3v) is 5.03. The Morgan fingerprint density at radius 1 is 1.24 bits per heavy atom. The van der Waals surface area contributed by atoms with Gasteiger partial charge in [0.2, 0.25) is 0 Å². The number of carbonyl (C=O) groups excluding carboxylic acids is 1. The fourth-order valence-electron chi connectivity index (χ4n) is 3.87. The van der Waals surface area contributed by atoms with Crippen LogP contribution in [-0.2, 0) is 11.3 Å². The lowest BCUT2D eigenvalue weighted by molar-refractivity contribution is 0.181. The Morgan fingerprint density at radius 3 is 2.72 bits per heavy atom. The van der Waals surface area contributed by atoms with E-state index in [0.717, 1.165) is 33.6 Å². The average Bonchev–Trinajstić information content (AvgIpc) is 3.27. The zero-order chi connectivity index (χ0) is 20.5. The number of fused-ring (bicyclic) bond motifs is 1. The quantitative estimate of drug-likeness (QED) is 0.620. The maximum Gasteiger partial charge on any atom is 0.414 e. The van der Waals surface area contributed by atoms with E-state index in [9.17, 15) is 10.1 Å². The number of aryl methyl sites for hydroxylation is 1. The van der Waals surface area contributed by atoms with Crippen LogP contribution in [0.3, 0.4) is 0 Å². The van der Waals surface area contributed by atoms with Crippen LogP contribution in [0.15, 0.2) is 42.5 Å². The van der Waals surface area contributed by atoms with Crippen LogP contribution in [0, 0.1) is 11.3 Å². The summed E-state index contributed by atoms with van der Waals surface area (Å²) >= 11 is 0. The lowest BCUT2D eigenvalue weighted by atomic mass is 10.0. The van der Waals surface area contributed by atoms with Gasteiger partial charge in [-0.15, -0.1) is 0 Å². The standard InChI is InChI=1S/C23H23N3O3/c1-4-25-21-13-18(29-15(2)3)8-9-19(21)20(14-24)22(25)16-6-5-7-17(12-16)26-10-11-28-23(26)27/h5-9,12-13,15H,4,10-11H2,1-3H3. The maximum atomic E-state index is 12.0. The summed E-state index contributed by atoms with van der Waals surface area (Å²) < 4.78 is 13.0. The highest BCUT2D eigenvalue weighted by Gasteiger charge is 2.25. The van der Waals surface area contributed by atoms with Crippen molar-refractivity contribution in [3.05, 3.63) is 48.0 Å². The van der Waals surface area contributed by atoms with E-state index in [4.69, 9.17) is 9.47 Å². The second-order valence-electron chi connectivity index (χ2n) is 7.24. The minimum atomic E-state index is -0.339. The van der Waals surface area contributed by atoms with Gasteiger partial charge in [-0.3, -0.25) is 4.90 Å². The van der Waals surface area contributed by atoms with Gasteiger partial charge >= 0.3 is 6.09 Å². The number of aromatic nitrogens is 1. The number of cyclic esters (lactones) is 1.